The number of ether oxygens (including phenoxy) is 1. The van der Waals surface area contributed by atoms with Gasteiger partial charge >= 0.3 is 5.97 Å². The topological polar surface area (TPSA) is 113 Å². The number of nitrogens with zero attached hydrogens (tertiary/aromatic N) is 3. The molecule has 0 amide bonds. The van der Waals surface area contributed by atoms with Crippen molar-refractivity contribution in [3.63, 3.8) is 0 Å². The Morgan fingerprint density at radius 2 is 1.77 bits per heavy atom. The van der Waals surface area contributed by atoms with Crippen LogP contribution in [0.3, 0.4) is 0 Å². The van der Waals surface area contributed by atoms with E-state index in [4.69, 9.17) is 4.74 Å². The number of aliphatic carboxylic acids is 1. The van der Waals surface area contributed by atoms with E-state index in [1.807, 2.05) is 18.2 Å². The Bertz CT molecular complexity index is 1360. The molecule has 8 heteroatoms. The van der Waals surface area contributed by atoms with E-state index in [-0.39, 0.29) is 6.10 Å². The van der Waals surface area contributed by atoms with Gasteiger partial charge < -0.3 is 15.2 Å². The highest BCUT2D eigenvalue weighted by Gasteiger charge is 2.38. The number of hydrogen-bond acceptors (Lipinski definition) is 6. The minimum absolute atomic E-state index is 0.0151. The Hall–Kier alpha value is -3.78. The van der Waals surface area contributed by atoms with Gasteiger partial charge in [0.05, 0.1) is 11.7 Å². The highest BCUT2D eigenvalue weighted by molar-refractivity contribution is 5.88. The third-order valence-corrected chi connectivity index (χ3v) is 7.50. The maximum Gasteiger partial charge on any atom is 0.320 e. The second-order valence-electron chi connectivity index (χ2n) is 9.62. The fourth-order valence-electron chi connectivity index (χ4n) is 5.62. The van der Waals surface area contributed by atoms with Crippen LogP contribution in [0.5, 0.6) is 5.75 Å². The van der Waals surface area contributed by atoms with Crippen molar-refractivity contribution in [1.82, 2.24) is 25.9 Å². The van der Waals surface area contributed by atoms with Crippen LogP contribution in [0, 0.1) is 11.8 Å². The number of nitrogens with one attached hydrogen (secondary N) is 2. The van der Waals surface area contributed by atoms with E-state index >= 15 is 0 Å². The van der Waals surface area contributed by atoms with Crippen molar-refractivity contribution >= 4 is 16.7 Å². The summed E-state index contributed by atoms with van der Waals surface area (Å²) in [5, 5.41) is 29.6. The van der Waals surface area contributed by atoms with Crippen LogP contribution >= 0.6 is 0 Å². The number of carbonyl (C=O) groups is 1. The lowest BCUT2D eigenvalue weighted by Gasteiger charge is -2.41. The zero-order valence-corrected chi connectivity index (χ0v) is 19.2. The van der Waals surface area contributed by atoms with Gasteiger partial charge in [-0.25, -0.2) is 0 Å². The molecule has 0 bridgehead atoms. The summed E-state index contributed by atoms with van der Waals surface area (Å²) in [4.78, 5) is 11.5. The third kappa shape index (κ3) is 4.37. The van der Waals surface area contributed by atoms with E-state index in [1.54, 1.807) is 0 Å². The van der Waals surface area contributed by atoms with Gasteiger partial charge in [-0.15, -0.1) is 10.2 Å². The summed E-state index contributed by atoms with van der Waals surface area (Å²) in [7, 11) is 0. The lowest BCUT2D eigenvalue weighted by Crippen LogP contribution is -2.50. The van der Waals surface area contributed by atoms with E-state index in [2.05, 4.69) is 68.4 Å². The van der Waals surface area contributed by atoms with Gasteiger partial charge in [0.15, 0.2) is 0 Å². The van der Waals surface area contributed by atoms with Crippen molar-refractivity contribution in [3.8, 4) is 28.3 Å². The van der Waals surface area contributed by atoms with Crippen molar-refractivity contribution in [2.75, 3.05) is 6.54 Å². The second-order valence-corrected chi connectivity index (χ2v) is 9.62. The highest BCUT2D eigenvalue weighted by Crippen LogP contribution is 2.40. The van der Waals surface area contributed by atoms with Gasteiger partial charge in [-0.3, -0.25) is 4.79 Å². The van der Waals surface area contributed by atoms with E-state index in [0.717, 1.165) is 48.2 Å². The standard InChI is InChI=1S/C27H27N5O3/c33-27(34)24-13-21-12-22(9-7-20(21)15-28-24)35-25-14-19(8-10-23(25)26-29-31-32-30-26)18-6-5-16-3-1-2-4-17(16)11-18/h1-6,8,10-11,14,20-22,24,28H,7,9,12-13,15H2,(H,33,34)(H,29,30,31,32). The molecule has 0 spiro atoms. The van der Waals surface area contributed by atoms with Gasteiger partial charge in [0, 0.05) is 0 Å². The number of tetrazole rings is 1. The fraction of sp³-hybridized carbons (Fsp3) is 0.333. The number of fused-ring (bicyclic) bond motifs is 2. The number of carboxylic acid groups (broad SMARTS) is 1. The zero-order valence-electron chi connectivity index (χ0n) is 19.2. The molecule has 2 fully saturated rings. The molecule has 8 nitrogen and oxygen atoms in total. The monoisotopic (exact) mass is 469 g/mol. The predicted octanol–water partition coefficient (Wildman–Crippen LogP) is 4.30. The normalized spacial score (nSPS) is 24.1. The molecular weight excluding hydrogens is 442 g/mol. The zero-order chi connectivity index (χ0) is 23.8. The lowest BCUT2D eigenvalue weighted by atomic mass is 9.72. The Balaban J connectivity index is 1.30. The Labute approximate surface area is 202 Å². The van der Waals surface area contributed by atoms with Gasteiger partial charge in [-0.05, 0) is 89.4 Å². The van der Waals surface area contributed by atoms with Crippen molar-refractivity contribution in [2.45, 2.75) is 37.8 Å². The first kappa shape index (κ1) is 21.7. The first-order chi connectivity index (χ1) is 17.1. The molecule has 3 aromatic carbocycles. The Morgan fingerprint density at radius 3 is 2.60 bits per heavy atom. The lowest BCUT2D eigenvalue weighted by molar-refractivity contribution is -0.141. The maximum atomic E-state index is 11.5. The third-order valence-electron chi connectivity index (χ3n) is 7.50. The maximum absolute atomic E-state index is 11.5. The number of aromatic nitrogens is 4. The minimum Gasteiger partial charge on any atom is -0.490 e. The van der Waals surface area contributed by atoms with Gasteiger partial charge in [0.1, 0.15) is 11.8 Å². The number of H-pyrrole nitrogens is 1. The average molecular weight is 470 g/mol. The van der Waals surface area contributed by atoms with Crippen LogP contribution in [0.15, 0.2) is 60.7 Å². The smallest absolute Gasteiger partial charge is 0.320 e. The summed E-state index contributed by atoms with van der Waals surface area (Å²) < 4.78 is 6.62. The van der Waals surface area contributed by atoms with E-state index < -0.39 is 12.0 Å². The molecule has 3 N–H and O–H groups in total. The number of piperidine rings is 1. The first-order valence-electron chi connectivity index (χ1n) is 12.1. The number of rotatable bonds is 5. The van der Waals surface area contributed by atoms with Crippen molar-refractivity contribution < 1.29 is 14.6 Å². The van der Waals surface area contributed by atoms with Gasteiger partial charge in [-0.2, -0.15) is 5.21 Å². The van der Waals surface area contributed by atoms with E-state index in [1.165, 1.54) is 10.8 Å². The van der Waals surface area contributed by atoms with E-state index in [0.29, 0.717) is 24.1 Å². The highest BCUT2D eigenvalue weighted by atomic mass is 16.5. The first-order valence-corrected chi connectivity index (χ1v) is 12.1. The largest absolute Gasteiger partial charge is 0.490 e. The molecule has 2 aliphatic rings. The molecular formula is C27H27N5O3. The molecule has 1 aromatic heterocycles. The van der Waals surface area contributed by atoms with Crippen LogP contribution < -0.4 is 10.1 Å². The summed E-state index contributed by atoms with van der Waals surface area (Å²) in [6.07, 6.45) is 3.47. The Morgan fingerprint density at radius 1 is 0.943 bits per heavy atom. The van der Waals surface area contributed by atoms with Gasteiger partial charge in [-0.1, -0.05) is 42.5 Å². The van der Waals surface area contributed by atoms with Crippen LogP contribution in [0.2, 0.25) is 0 Å². The molecule has 6 rings (SSSR count). The van der Waals surface area contributed by atoms with Crippen molar-refractivity contribution in [3.05, 3.63) is 60.7 Å². The summed E-state index contributed by atoms with van der Waals surface area (Å²) in [6.45, 7) is 0.764. The molecule has 4 unspecified atom stereocenters. The van der Waals surface area contributed by atoms with Crippen LogP contribution in [-0.4, -0.2) is 50.4 Å². The number of hydrogen-bond donors (Lipinski definition) is 3. The molecule has 4 atom stereocenters. The number of benzene rings is 3. The van der Waals surface area contributed by atoms with Gasteiger partial charge in [0.25, 0.3) is 0 Å². The molecule has 1 saturated carbocycles. The summed E-state index contributed by atoms with van der Waals surface area (Å²) in [6, 6.07) is 20.4. The molecule has 178 valence electrons. The predicted molar refractivity (Wildman–Crippen MR) is 132 cm³/mol. The SMILES string of the molecule is O=C(O)C1CC2CC(Oc3cc(-c4ccc5ccccc5c4)ccc3-c3nn[nH]n3)CCC2CN1. The molecule has 4 aromatic rings. The number of carboxylic acids is 1. The molecule has 1 aliphatic heterocycles. The summed E-state index contributed by atoms with van der Waals surface area (Å²) >= 11 is 0. The van der Waals surface area contributed by atoms with Gasteiger partial charge in [0.2, 0.25) is 5.82 Å². The van der Waals surface area contributed by atoms with Crippen molar-refractivity contribution in [2.24, 2.45) is 11.8 Å². The Kier molecular flexibility index (Phi) is 5.66. The fourth-order valence-corrected chi connectivity index (χ4v) is 5.62. The molecule has 1 saturated heterocycles. The van der Waals surface area contributed by atoms with Crippen LogP contribution in [-0.2, 0) is 4.79 Å². The summed E-state index contributed by atoms with van der Waals surface area (Å²) in [5.41, 5.74) is 2.96. The average Bonchev–Trinajstić information content (AvgIpc) is 3.43. The number of aromatic amines is 1. The minimum atomic E-state index is -0.769. The van der Waals surface area contributed by atoms with Crippen LogP contribution in [0.4, 0.5) is 0 Å². The van der Waals surface area contributed by atoms with Crippen LogP contribution in [0.1, 0.15) is 25.7 Å². The summed E-state index contributed by atoms with van der Waals surface area (Å²) in [5.74, 6) is 1.30. The quantitative estimate of drug-likeness (QED) is 0.399. The molecule has 35 heavy (non-hydrogen) atoms. The van der Waals surface area contributed by atoms with E-state index in [9.17, 15) is 9.90 Å². The molecule has 0 radical (unpaired) electrons. The second kappa shape index (κ2) is 9.11. The van der Waals surface area contributed by atoms with Crippen molar-refractivity contribution in [1.29, 1.82) is 0 Å². The molecule has 2 heterocycles. The molecule has 1 aliphatic carbocycles. The van der Waals surface area contributed by atoms with Crippen LogP contribution in [0.25, 0.3) is 33.3 Å².